The van der Waals surface area contributed by atoms with Crippen molar-refractivity contribution in [3.05, 3.63) is 75.8 Å². The van der Waals surface area contributed by atoms with Gasteiger partial charge in [-0.15, -0.1) is 0 Å². The average Bonchev–Trinajstić information content (AvgIpc) is 2.80. The molecule has 0 heterocycles. The molecule has 0 saturated heterocycles. The summed E-state index contributed by atoms with van der Waals surface area (Å²) in [5.74, 6) is -3.71. The van der Waals surface area contributed by atoms with E-state index in [0.717, 1.165) is 0 Å². The molecule has 4 N–H and O–H groups in total. The molecular formula is C22H24N4O7. The van der Waals surface area contributed by atoms with Gasteiger partial charge in [-0.3, -0.25) is 29.3 Å². The van der Waals surface area contributed by atoms with Crippen molar-refractivity contribution in [1.29, 1.82) is 0 Å². The molecule has 0 unspecified atom stereocenters. The molecule has 0 aromatic heterocycles. The number of hydrogen-bond acceptors (Lipinski definition) is 7. The summed E-state index contributed by atoms with van der Waals surface area (Å²) >= 11 is 0. The Labute approximate surface area is 189 Å². The monoisotopic (exact) mass is 456 g/mol. The van der Waals surface area contributed by atoms with Crippen molar-refractivity contribution >= 4 is 29.4 Å². The van der Waals surface area contributed by atoms with E-state index in [9.17, 15) is 29.3 Å². The largest absolute Gasteiger partial charge is 0.466 e. The SMILES string of the molecule is CCOC(=O)C[C@@H](c1ccc([N+](=O)[O-])cc1)[C@H](NC(=O)CNC(=O)c1ccccc1)C(N)=O. The molecule has 2 atom stereocenters. The highest BCUT2D eigenvalue weighted by Crippen LogP contribution is 2.26. The highest BCUT2D eigenvalue weighted by molar-refractivity contribution is 5.97. The molecule has 2 aromatic rings. The maximum Gasteiger partial charge on any atom is 0.306 e. The topological polar surface area (TPSA) is 171 Å². The number of esters is 1. The first-order valence-corrected chi connectivity index (χ1v) is 10.0. The molecule has 0 aliphatic carbocycles. The van der Waals surface area contributed by atoms with E-state index in [1.54, 1.807) is 37.3 Å². The summed E-state index contributed by atoms with van der Waals surface area (Å²) in [7, 11) is 0. The summed E-state index contributed by atoms with van der Waals surface area (Å²) in [6, 6.07) is 12.1. The molecule has 2 aromatic carbocycles. The van der Waals surface area contributed by atoms with Crippen molar-refractivity contribution in [2.75, 3.05) is 13.2 Å². The summed E-state index contributed by atoms with van der Waals surface area (Å²) < 4.78 is 4.95. The lowest BCUT2D eigenvalue weighted by molar-refractivity contribution is -0.384. The molecule has 174 valence electrons. The summed E-state index contributed by atoms with van der Waals surface area (Å²) in [4.78, 5) is 59.2. The highest BCUT2D eigenvalue weighted by Gasteiger charge is 2.32. The zero-order chi connectivity index (χ0) is 24.4. The van der Waals surface area contributed by atoms with Gasteiger partial charge >= 0.3 is 5.97 Å². The van der Waals surface area contributed by atoms with Gasteiger partial charge in [-0.2, -0.15) is 0 Å². The number of rotatable bonds is 11. The fraction of sp³-hybridized carbons (Fsp3) is 0.273. The number of nitrogens with one attached hydrogen (secondary N) is 2. The lowest BCUT2D eigenvalue weighted by Crippen LogP contribution is -2.51. The molecular weight excluding hydrogens is 432 g/mol. The normalized spacial score (nSPS) is 12.2. The van der Waals surface area contributed by atoms with E-state index in [4.69, 9.17) is 10.5 Å². The minimum Gasteiger partial charge on any atom is -0.466 e. The van der Waals surface area contributed by atoms with Gasteiger partial charge in [-0.05, 0) is 24.6 Å². The van der Waals surface area contributed by atoms with E-state index >= 15 is 0 Å². The molecule has 0 radical (unpaired) electrons. The molecule has 2 rings (SSSR count). The lowest BCUT2D eigenvalue weighted by atomic mass is 9.87. The van der Waals surface area contributed by atoms with E-state index in [-0.39, 0.29) is 18.7 Å². The number of nitrogens with two attached hydrogens (primary N) is 1. The Bertz CT molecular complexity index is 1010. The van der Waals surface area contributed by atoms with Gasteiger partial charge in [0.25, 0.3) is 11.6 Å². The fourth-order valence-electron chi connectivity index (χ4n) is 3.12. The van der Waals surface area contributed by atoms with Crippen LogP contribution in [-0.4, -0.2) is 47.8 Å². The number of carbonyl (C=O) groups is 4. The van der Waals surface area contributed by atoms with Crippen molar-refractivity contribution in [2.45, 2.75) is 25.3 Å². The fourth-order valence-corrected chi connectivity index (χ4v) is 3.12. The van der Waals surface area contributed by atoms with Crippen LogP contribution in [0.1, 0.15) is 35.2 Å². The number of primary amides is 1. The van der Waals surface area contributed by atoms with E-state index in [2.05, 4.69) is 10.6 Å². The van der Waals surface area contributed by atoms with Crippen LogP contribution in [0.2, 0.25) is 0 Å². The van der Waals surface area contributed by atoms with Crippen molar-refractivity contribution in [3.8, 4) is 0 Å². The predicted octanol–water partition coefficient (Wildman–Crippen LogP) is 1.03. The van der Waals surface area contributed by atoms with E-state index < -0.39 is 47.1 Å². The van der Waals surface area contributed by atoms with Crippen LogP contribution in [-0.2, 0) is 19.1 Å². The maximum absolute atomic E-state index is 12.4. The molecule has 0 bridgehead atoms. The highest BCUT2D eigenvalue weighted by atomic mass is 16.6. The van der Waals surface area contributed by atoms with Crippen LogP contribution in [0, 0.1) is 10.1 Å². The van der Waals surface area contributed by atoms with Gasteiger partial charge in [-0.1, -0.05) is 30.3 Å². The first kappa shape index (κ1) is 25.0. The molecule has 3 amide bonds. The number of nitro benzene ring substituents is 1. The van der Waals surface area contributed by atoms with Crippen molar-refractivity contribution in [1.82, 2.24) is 10.6 Å². The number of carbonyl (C=O) groups excluding carboxylic acids is 4. The third kappa shape index (κ3) is 7.42. The van der Waals surface area contributed by atoms with E-state index in [1.807, 2.05) is 0 Å². The Hall–Kier alpha value is -4.28. The van der Waals surface area contributed by atoms with Gasteiger partial charge in [-0.25, -0.2) is 0 Å². The van der Waals surface area contributed by atoms with Crippen molar-refractivity contribution in [2.24, 2.45) is 5.73 Å². The molecule has 0 saturated carbocycles. The van der Waals surface area contributed by atoms with Gasteiger partial charge in [0.05, 0.1) is 24.5 Å². The molecule has 0 spiro atoms. The van der Waals surface area contributed by atoms with Crippen LogP contribution in [0.4, 0.5) is 5.69 Å². The average molecular weight is 456 g/mol. The molecule has 11 nitrogen and oxygen atoms in total. The van der Waals surface area contributed by atoms with Crippen LogP contribution >= 0.6 is 0 Å². The van der Waals surface area contributed by atoms with Gasteiger partial charge in [0, 0.05) is 23.6 Å². The minimum absolute atomic E-state index is 0.102. The lowest BCUT2D eigenvalue weighted by Gasteiger charge is -2.25. The smallest absolute Gasteiger partial charge is 0.306 e. The molecule has 0 fully saturated rings. The van der Waals surface area contributed by atoms with Crippen LogP contribution in [0.25, 0.3) is 0 Å². The molecule has 11 heteroatoms. The van der Waals surface area contributed by atoms with Gasteiger partial charge in [0.1, 0.15) is 6.04 Å². The number of non-ortho nitro benzene ring substituents is 1. The maximum atomic E-state index is 12.4. The third-order valence-electron chi connectivity index (χ3n) is 4.69. The Morgan fingerprint density at radius 1 is 1.06 bits per heavy atom. The van der Waals surface area contributed by atoms with Gasteiger partial charge < -0.3 is 21.1 Å². The zero-order valence-electron chi connectivity index (χ0n) is 17.9. The number of amides is 3. The summed E-state index contributed by atoms with van der Waals surface area (Å²) in [5.41, 5.74) is 6.03. The summed E-state index contributed by atoms with van der Waals surface area (Å²) in [5, 5.41) is 15.8. The first-order chi connectivity index (χ1) is 15.7. The zero-order valence-corrected chi connectivity index (χ0v) is 17.9. The van der Waals surface area contributed by atoms with Crippen molar-refractivity contribution in [3.63, 3.8) is 0 Å². The molecule has 33 heavy (non-hydrogen) atoms. The Morgan fingerprint density at radius 2 is 1.70 bits per heavy atom. The number of hydrogen-bond donors (Lipinski definition) is 3. The Morgan fingerprint density at radius 3 is 2.24 bits per heavy atom. The molecule has 0 aliphatic rings. The van der Waals surface area contributed by atoms with Gasteiger partial charge in [0.2, 0.25) is 11.8 Å². The van der Waals surface area contributed by atoms with Crippen LogP contribution in [0.3, 0.4) is 0 Å². The first-order valence-electron chi connectivity index (χ1n) is 10.0. The quantitative estimate of drug-likeness (QED) is 0.257. The minimum atomic E-state index is -1.34. The summed E-state index contributed by atoms with van der Waals surface area (Å²) in [6.45, 7) is 1.27. The second-order valence-electron chi connectivity index (χ2n) is 6.96. The second kappa shape index (κ2) is 11.9. The van der Waals surface area contributed by atoms with Crippen LogP contribution in [0.15, 0.2) is 54.6 Å². The Kier molecular flexibility index (Phi) is 9.04. The second-order valence-corrected chi connectivity index (χ2v) is 6.96. The number of benzene rings is 2. The molecule has 0 aliphatic heterocycles. The third-order valence-corrected chi connectivity index (χ3v) is 4.69. The standard InChI is InChI=1S/C22H24N4O7/c1-2-33-19(28)12-17(14-8-10-16(11-9-14)26(31)32)20(21(23)29)25-18(27)13-24-22(30)15-6-4-3-5-7-15/h3-11,17,20H,2,12-13H2,1H3,(H2,23,29)(H,24,30)(H,25,27)/t17-,20-/m0/s1. The number of nitrogens with zero attached hydrogens (tertiary/aromatic N) is 1. The van der Waals surface area contributed by atoms with Gasteiger partial charge in [0.15, 0.2) is 0 Å². The predicted molar refractivity (Wildman–Crippen MR) is 117 cm³/mol. The van der Waals surface area contributed by atoms with Crippen LogP contribution in [0.5, 0.6) is 0 Å². The number of ether oxygens (including phenoxy) is 1. The summed E-state index contributed by atoms with van der Waals surface area (Å²) in [6.07, 6.45) is -0.310. The van der Waals surface area contributed by atoms with E-state index in [0.29, 0.717) is 11.1 Å². The van der Waals surface area contributed by atoms with Crippen molar-refractivity contribution < 1.29 is 28.8 Å². The van der Waals surface area contributed by atoms with E-state index in [1.165, 1.54) is 24.3 Å². The number of nitro groups is 1. The Balaban J connectivity index is 2.18. The van der Waals surface area contributed by atoms with Crippen LogP contribution < -0.4 is 16.4 Å².